The molecule has 21 heavy (non-hydrogen) atoms. The Morgan fingerprint density at radius 1 is 1.33 bits per heavy atom. The molecule has 2 fully saturated rings. The average molecular weight is 292 g/mol. The molecule has 0 bridgehead atoms. The molecule has 2 heterocycles. The lowest BCUT2D eigenvalue weighted by atomic mass is 9.91. The first-order valence-electron chi connectivity index (χ1n) is 8.74. The molecule has 2 rings (SSSR count). The maximum atomic E-state index is 9.55. The van der Waals surface area contributed by atoms with E-state index in [2.05, 4.69) is 42.0 Å². The molecule has 0 aromatic heterocycles. The molecule has 0 aliphatic carbocycles. The Hall–Kier alpha value is -0.630. The molecule has 0 radical (unpaired) electrons. The molecular weight excluding hydrogens is 260 g/mol. The highest BCUT2D eigenvalue weighted by molar-refractivity contribution is 5.07. The maximum absolute atomic E-state index is 9.55. The molecule has 2 aliphatic rings. The minimum atomic E-state index is -0.330. The first-order chi connectivity index (χ1) is 10.1. The van der Waals surface area contributed by atoms with E-state index in [1.165, 1.54) is 39.0 Å². The van der Waals surface area contributed by atoms with Crippen LogP contribution < -0.4 is 5.32 Å². The van der Waals surface area contributed by atoms with Crippen molar-refractivity contribution in [2.24, 2.45) is 0 Å². The van der Waals surface area contributed by atoms with Gasteiger partial charge in [0.2, 0.25) is 0 Å². The lowest BCUT2D eigenvalue weighted by molar-refractivity contribution is 0.101. The van der Waals surface area contributed by atoms with Gasteiger partial charge in [-0.1, -0.05) is 6.92 Å². The van der Waals surface area contributed by atoms with Crippen molar-refractivity contribution in [2.45, 2.75) is 70.5 Å². The second kappa shape index (κ2) is 7.58. The molecule has 2 aliphatic heterocycles. The lowest BCUT2D eigenvalue weighted by Gasteiger charge is -2.38. The molecule has 2 saturated heterocycles. The van der Waals surface area contributed by atoms with E-state index in [9.17, 15) is 5.26 Å². The summed E-state index contributed by atoms with van der Waals surface area (Å²) in [6.07, 6.45) is 5.72. The molecule has 0 aromatic rings. The predicted molar refractivity (Wildman–Crippen MR) is 87.2 cm³/mol. The highest BCUT2D eigenvalue weighted by Gasteiger charge is 2.31. The van der Waals surface area contributed by atoms with Crippen LogP contribution in [-0.4, -0.2) is 60.1 Å². The number of hydrogen-bond donors (Lipinski definition) is 1. The fourth-order valence-corrected chi connectivity index (χ4v) is 3.93. The Kier molecular flexibility index (Phi) is 6.04. The van der Waals surface area contributed by atoms with Gasteiger partial charge in [-0.25, -0.2) is 0 Å². The van der Waals surface area contributed by atoms with Gasteiger partial charge in [-0.15, -0.1) is 0 Å². The van der Waals surface area contributed by atoms with Crippen LogP contribution in [0.15, 0.2) is 0 Å². The van der Waals surface area contributed by atoms with Gasteiger partial charge in [-0.2, -0.15) is 5.26 Å². The summed E-state index contributed by atoms with van der Waals surface area (Å²) >= 11 is 0. The molecule has 4 heteroatoms. The van der Waals surface area contributed by atoms with Gasteiger partial charge in [-0.05, 0) is 59.0 Å². The fourth-order valence-electron chi connectivity index (χ4n) is 3.93. The zero-order valence-electron chi connectivity index (χ0n) is 14.1. The van der Waals surface area contributed by atoms with Crippen molar-refractivity contribution in [1.29, 1.82) is 5.26 Å². The van der Waals surface area contributed by atoms with Gasteiger partial charge in [0, 0.05) is 31.7 Å². The lowest BCUT2D eigenvalue weighted by Crippen LogP contribution is -2.51. The first-order valence-corrected chi connectivity index (χ1v) is 8.74. The Bertz CT molecular complexity index is 362. The molecule has 4 nitrogen and oxygen atoms in total. The van der Waals surface area contributed by atoms with Crippen LogP contribution in [0.5, 0.6) is 0 Å². The van der Waals surface area contributed by atoms with Crippen molar-refractivity contribution in [3.63, 3.8) is 0 Å². The molecule has 1 N–H and O–H groups in total. The number of fused-ring (bicyclic) bond motifs is 1. The Balaban J connectivity index is 1.76. The Labute approximate surface area is 130 Å². The van der Waals surface area contributed by atoms with Crippen molar-refractivity contribution in [3.8, 4) is 6.07 Å². The second-order valence-electron chi connectivity index (χ2n) is 7.08. The summed E-state index contributed by atoms with van der Waals surface area (Å²) in [4.78, 5) is 5.27. The van der Waals surface area contributed by atoms with E-state index >= 15 is 0 Å². The van der Waals surface area contributed by atoms with Gasteiger partial charge in [0.1, 0.15) is 5.54 Å². The van der Waals surface area contributed by atoms with Gasteiger partial charge < -0.3 is 4.90 Å². The SMILES string of the molecule is CCC(C#N)(CCCN1CCN2CCCC2C1)NC(C)C. The summed E-state index contributed by atoms with van der Waals surface area (Å²) < 4.78 is 0. The minimum Gasteiger partial charge on any atom is -0.301 e. The highest BCUT2D eigenvalue weighted by atomic mass is 15.3. The van der Waals surface area contributed by atoms with Crippen LogP contribution in [-0.2, 0) is 0 Å². The molecule has 120 valence electrons. The van der Waals surface area contributed by atoms with Crippen LogP contribution in [0.4, 0.5) is 0 Å². The van der Waals surface area contributed by atoms with E-state index in [1.54, 1.807) is 0 Å². The molecular formula is C17H32N4. The predicted octanol–water partition coefficient (Wildman–Crippen LogP) is 2.22. The number of rotatable bonds is 7. The number of nitrogens with zero attached hydrogens (tertiary/aromatic N) is 3. The fraction of sp³-hybridized carbons (Fsp3) is 0.941. The van der Waals surface area contributed by atoms with Gasteiger partial charge >= 0.3 is 0 Å². The number of nitriles is 1. The zero-order valence-corrected chi connectivity index (χ0v) is 14.1. The van der Waals surface area contributed by atoms with Gasteiger partial charge in [0.15, 0.2) is 0 Å². The maximum Gasteiger partial charge on any atom is 0.106 e. The van der Waals surface area contributed by atoms with Crippen molar-refractivity contribution >= 4 is 0 Å². The van der Waals surface area contributed by atoms with E-state index in [0.717, 1.165) is 31.8 Å². The normalized spacial score (nSPS) is 26.5. The number of hydrogen-bond acceptors (Lipinski definition) is 4. The molecule has 0 aromatic carbocycles. The molecule has 0 saturated carbocycles. The third-order valence-electron chi connectivity index (χ3n) is 5.13. The van der Waals surface area contributed by atoms with Gasteiger partial charge in [0.05, 0.1) is 6.07 Å². The first kappa shape index (κ1) is 16.7. The Morgan fingerprint density at radius 2 is 2.14 bits per heavy atom. The topological polar surface area (TPSA) is 42.3 Å². The second-order valence-corrected chi connectivity index (χ2v) is 7.08. The monoisotopic (exact) mass is 292 g/mol. The molecule has 0 spiro atoms. The van der Waals surface area contributed by atoms with E-state index < -0.39 is 0 Å². The highest BCUT2D eigenvalue weighted by Crippen LogP contribution is 2.23. The molecule has 0 amide bonds. The van der Waals surface area contributed by atoms with Crippen LogP contribution >= 0.6 is 0 Å². The van der Waals surface area contributed by atoms with E-state index in [-0.39, 0.29) is 5.54 Å². The minimum absolute atomic E-state index is 0.330. The van der Waals surface area contributed by atoms with Gasteiger partial charge in [-0.3, -0.25) is 10.2 Å². The summed E-state index contributed by atoms with van der Waals surface area (Å²) in [5.41, 5.74) is -0.330. The van der Waals surface area contributed by atoms with E-state index in [4.69, 9.17) is 0 Å². The van der Waals surface area contributed by atoms with Crippen LogP contribution in [0, 0.1) is 11.3 Å². The van der Waals surface area contributed by atoms with Crippen LogP contribution in [0.25, 0.3) is 0 Å². The number of nitrogens with one attached hydrogen (secondary N) is 1. The molecule has 2 unspecified atom stereocenters. The van der Waals surface area contributed by atoms with Crippen molar-refractivity contribution in [2.75, 3.05) is 32.7 Å². The largest absolute Gasteiger partial charge is 0.301 e. The summed E-state index contributed by atoms with van der Waals surface area (Å²) in [5, 5.41) is 13.0. The zero-order chi connectivity index (χ0) is 15.3. The van der Waals surface area contributed by atoms with E-state index in [1.807, 2.05) is 0 Å². The van der Waals surface area contributed by atoms with Crippen LogP contribution in [0.1, 0.15) is 52.9 Å². The number of piperazine rings is 1. The molecule has 2 atom stereocenters. The standard InChI is InChI=1S/C17H32N4/c1-4-17(14-18,19-15(2)3)8-6-9-20-11-12-21-10-5-7-16(21)13-20/h15-16,19H,4-13H2,1-3H3. The Morgan fingerprint density at radius 3 is 2.81 bits per heavy atom. The average Bonchev–Trinajstić information content (AvgIpc) is 2.93. The summed E-state index contributed by atoms with van der Waals surface area (Å²) in [6.45, 7) is 12.5. The smallest absolute Gasteiger partial charge is 0.106 e. The summed E-state index contributed by atoms with van der Waals surface area (Å²) in [5.74, 6) is 0. The summed E-state index contributed by atoms with van der Waals surface area (Å²) in [7, 11) is 0. The van der Waals surface area contributed by atoms with Crippen molar-refractivity contribution in [3.05, 3.63) is 0 Å². The van der Waals surface area contributed by atoms with Crippen LogP contribution in [0.3, 0.4) is 0 Å². The quantitative estimate of drug-likeness (QED) is 0.781. The van der Waals surface area contributed by atoms with Gasteiger partial charge in [0.25, 0.3) is 0 Å². The summed E-state index contributed by atoms with van der Waals surface area (Å²) in [6, 6.07) is 3.71. The van der Waals surface area contributed by atoms with Crippen LogP contribution in [0.2, 0.25) is 0 Å². The third kappa shape index (κ3) is 4.42. The van der Waals surface area contributed by atoms with Crippen molar-refractivity contribution in [1.82, 2.24) is 15.1 Å². The van der Waals surface area contributed by atoms with Crippen molar-refractivity contribution < 1.29 is 0 Å². The van der Waals surface area contributed by atoms with E-state index in [0.29, 0.717) is 6.04 Å². The third-order valence-corrected chi connectivity index (χ3v) is 5.13.